The molecule has 2 aromatic carbocycles. The number of para-hydroxylation sites is 1. The molecule has 2 aliphatic rings. The van der Waals surface area contributed by atoms with E-state index in [-0.39, 0.29) is 29.8 Å². The Morgan fingerprint density at radius 3 is 2.67 bits per heavy atom. The number of imidazole rings is 1. The van der Waals surface area contributed by atoms with Crippen LogP contribution in [0.3, 0.4) is 0 Å². The molecule has 1 aliphatic heterocycles. The second kappa shape index (κ2) is 11.4. The van der Waals surface area contributed by atoms with Gasteiger partial charge in [-0.2, -0.15) is 5.26 Å². The molecule has 3 heterocycles. The number of likely N-dealkylation sites (tertiary alicyclic amines) is 1. The zero-order valence-electron chi connectivity index (χ0n) is 22.8. The number of hydrogen-bond donors (Lipinski definition) is 1. The molecule has 1 unspecified atom stereocenters. The minimum absolute atomic E-state index is 0.0206. The predicted octanol–water partition coefficient (Wildman–Crippen LogP) is 5.49. The molecule has 1 fully saturated rings. The number of allylic oxidation sites excluding steroid dienone is 2. The lowest BCUT2D eigenvalue weighted by molar-refractivity contribution is -0.115. The molecule has 42 heavy (non-hydrogen) atoms. The Hall–Kier alpha value is -4.46. The van der Waals surface area contributed by atoms with Crippen LogP contribution in [0.25, 0.3) is 16.7 Å². The number of carbonyl (C=O) groups excluding carboxylic acids is 1. The first kappa shape index (κ1) is 27.7. The summed E-state index contributed by atoms with van der Waals surface area (Å²) in [4.78, 5) is 33.2. The summed E-state index contributed by atoms with van der Waals surface area (Å²) in [5.41, 5.74) is 8.69. The Morgan fingerprint density at radius 1 is 1.14 bits per heavy atom. The maximum Gasteiger partial charge on any atom is 0.333 e. The van der Waals surface area contributed by atoms with E-state index in [4.69, 9.17) is 15.7 Å². The maximum absolute atomic E-state index is 14.1. The van der Waals surface area contributed by atoms with Gasteiger partial charge in [-0.05, 0) is 60.9 Å². The van der Waals surface area contributed by atoms with E-state index in [0.717, 1.165) is 25.1 Å². The topological polar surface area (TPSA) is 119 Å². The van der Waals surface area contributed by atoms with Crippen LogP contribution >= 0.6 is 15.9 Å². The molecule has 4 aromatic rings. The van der Waals surface area contributed by atoms with Gasteiger partial charge in [-0.15, -0.1) is 0 Å². The van der Waals surface area contributed by atoms with Gasteiger partial charge in [0.05, 0.1) is 28.1 Å². The van der Waals surface area contributed by atoms with Crippen molar-refractivity contribution in [2.45, 2.75) is 42.7 Å². The first-order valence-electron chi connectivity index (χ1n) is 13.8. The number of pyridine rings is 1. The first-order chi connectivity index (χ1) is 20.4. The third kappa shape index (κ3) is 5.17. The van der Waals surface area contributed by atoms with Crippen molar-refractivity contribution in [2.24, 2.45) is 0 Å². The number of rotatable bonds is 8. The number of aromatic nitrogens is 3. The molecule has 0 spiro atoms. The SMILES string of the molecule is N#CCC(=O)C1=CC=C[C@](Br)(N2CCCC2Cn2c(=O)n(-c3ccc(Oc4ccccc4)cc3)c3c(N)nccc32)C1. The van der Waals surface area contributed by atoms with Crippen LogP contribution in [-0.4, -0.2) is 41.8 Å². The zero-order chi connectivity index (χ0) is 29.3. The molecule has 2 atom stereocenters. The third-order valence-corrected chi connectivity index (χ3v) is 8.88. The Bertz CT molecular complexity index is 1800. The van der Waals surface area contributed by atoms with Crippen molar-refractivity contribution < 1.29 is 9.53 Å². The molecule has 1 aliphatic carbocycles. The molecule has 10 heteroatoms. The lowest BCUT2D eigenvalue weighted by Gasteiger charge is -2.40. The number of hydrogen-bond acceptors (Lipinski definition) is 7. The van der Waals surface area contributed by atoms with Gasteiger partial charge in [0, 0.05) is 31.7 Å². The Balaban J connectivity index is 1.32. The predicted molar refractivity (Wildman–Crippen MR) is 165 cm³/mol. The molecule has 212 valence electrons. The summed E-state index contributed by atoms with van der Waals surface area (Å²) in [6, 6.07) is 20.6. The molecule has 0 radical (unpaired) electrons. The minimum atomic E-state index is -0.583. The molecule has 0 saturated carbocycles. The van der Waals surface area contributed by atoms with E-state index in [9.17, 15) is 9.59 Å². The first-order valence-corrected chi connectivity index (χ1v) is 14.6. The summed E-state index contributed by atoms with van der Waals surface area (Å²) in [7, 11) is 0. The van der Waals surface area contributed by atoms with E-state index in [1.165, 1.54) is 0 Å². The van der Waals surface area contributed by atoms with E-state index >= 15 is 0 Å². The highest BCUT2D eigenvalue weighted by atomic mass is 79.9. The number of alkyl halides is 1. The molecule has 0 bridgehead atoms. The Kier molecular flexibility index (Phi) is 7.54. The zero-order valence-corrected chi connectivity index (χ0v) is 24.4. The van der Waals surface area contributed by atoms with Crippen LogP contribution in [0.5, 0.6) is 11.5 Å². The van der Waals surface area contributed by atoms with Crippen LogP contribution < -0.4 is 16.2 Å². The largest absolute Gasteiger partial charge is 0.457 e. The maximum atomic E-state index is 14.1. The van der Waals surface area contributed by atoms with E-state index in [1.807, 2.05) is 78.9 Å². The fraction of sp³-hybridized carbons (Fsp3) is 0.250. The minimum Gasteiger partial charge on any atom is -0.457 e. The number of halogens is 1. The number of benzene rings is 2. The van der Waals surface area contributed by atoms with Crippen LogP contribution in [0.4, 0.5) is 5.82 Å². The van der Waals surface area contributed by atoms with Gasteiger partial charge < -0.3 is 10.5 Å². The van der Waals surface area contributed by atoms with Gasteiger partial charge in [0.2, 0.25) is 0 Å². The van der Waals surface area contributed by atoms with Crippen LogP contribution in [0, 0.1) is 11.3 Å². The lowest BCUT2D eigenvalue weighted by atomic mass is 9.94. The number of ketones is 1. The summed E-state index contributed by atoms with van der Waals surface area (Å²) in [5.74, 6) is 1.49. The van der Waals surface area contributed by atoms with Crippen molar-refractivity contribution in [3.63, 3.8) is 0 Å². The highest BCUT2D eigenvalue weighted by molar-refractivity contribution is 9.10. The van der Waals surface area contributed by atoms with Gasteiger partial charge in [-0.25, -0.2) is 9.78 Å². The summed E-state index contributed by atoms with van der Waals surface area (Å²) >= 11 is 3.92. The van der Waals surface area contributed by atoms with E-state index in [0.29, 0.717) is 41.0 Å². The monoisotopic (exact) mass is 624 g/mol. The van der Waals surface area contributed by atoms with Crippen LogP contribution in [0.15, 0.2) is 95.5 Å². The molecular formula is C32H29BrN6O3. The molecule has 1 saturated heterocycles. The second-order valence-corrected chi connectivity index (χ2v) is 11.9. The smallest absolute Gasteiger partial charge is 0.333 e. The van der Waals surface area contributed by atoms with Crippen molar-refractivity contribution >= 4 is 38.6 Å². The highest BCUT2D eigenvalue weighted by Crippen LogP contribution is 2.41. The average molecular weight is 626 g/mol. The fourth-order valence-corrected chi connectivity index (χ4v) is 6.85. The van der Waals surface area contributed by atoms with E-state index in [2.05, 4.69) is 25.8 Å². The molecule has 2 aromatic heterocycles. The van der Waals surface area contributed by atoms with Gasteiger partial charge >= 0.3 is 5.69 Å². The fourth-order valence-electron chi connectivity index (χ4n) is 5.93. The summed E-state index contributed by atoms with van der Waals surface area (Å²) in [5, 5.41) is 9.01. The average Bonchev–Trinajstić information content (AvgIpc) is 3.58. The van der Waals surface area contributed by atoms with Crippen LogP contribution in [0.1, 0.15) is 25.7 Å². The normalized spacial score (nSPS) is 20.4. The molecule has 9 nitrogen and oxygen atoms in total. The molecule has 2 N–H and O–H groups in total. The van der Waals surface area contributed by atoms with Gasteiger partial charge in [0.25, 0.3) is 0 Å². The number of Topliss-reactive ketones (excluding diaryl/α,β-unsaturated/α-hetero) is 1. The van der Waals surface area contributed by atoms with E-state index < -0.39 is 4.45 Å². The van der Waals surface area contributed by atoms with Gasteiger partial charge in [-0.3, -0.25) is 18.8 Å². The Morgan fingerprint density at radius 2 is 1.90 bits per heavy atom. The highest BCUT2D eigenvalue weighted by Gasteiger charge is 2.42. The number of fused-ring (bicyclic) bond motifs is 1. The number of nitrogen functional groups attached to an aromatic ring is 1. The van der Waals surface area contributed by atoms with Crippen molar-refractivity contribution in [3.8, 4) is 23.3 Å². The molecular weight excluding hydrogens is 596 g/mol. The Labute approximate surface area is 251 Å². The number of nitriles is 1. The summed E-state index contributed by atoms with van der Waals surface area (Å²) in [6.45, 7) is 1.24. The molecule has 0 amide bonds. The number of anilines is 1. The van der Waals surface area contributed by atoms with E-state index in [1.54, 1.807) is 21.4 Å². The number of nitrogens with zero attached hydrogens (tertiary/aromatic N) is 5. The van der Waals surface area contributed by atoms with Gasteiger partial charge in [0.15, 0.2) is 5.78 Å². The summed E-state index contributed by atoms with van der Waals surface area (Å²) in [6.07, 6.45) is 9.47. The van der Waals surface area contributed by atoms with Crippen molar-refractivity contribution in [1.82, 2.24) is 19.0 Å². The number of nitrogens with two attached hydrogens (primary N) is 1. The van der Waals surface area contributed by atoms with Crippen molar-refractivity contribution in [1.29, 1.82) is 5.26 Å². The molecule has 6 rings (SSSR count). The van der Waals surface area contributed by atoms with Gasteiger partial charge in [-0.1, -0.05) is 52.4 Å². The standard InChI is InChI=1S/C32H29BrN6O3/c33-32(16-4-6-22(20-32)28(40)14-17-34)38-19-5-7-24(38)21-37-27-15-18-36-30(35)29(27)39(31(37)41)23-10-12-26(13-11-23)42-25-8-2-1-3-9-25/h1-4,6,8-13,15-16,18,24H,5,7,14,19-21H2,(H2,35,36)/t24?,32-/m0/s1. The van der Waals surface area contributed by atoms with Crippen LogP contribution in [-0.2, 0) is 11.3 Å². The second-order valence-electron chi connectivity index (χ2n) is 10.5. The quantitative estimate of drug-likeness (QED) is 0.203. The van der Waals surface area contributed by atoms with Crippen molar-refractivity contribution in [3.05, 3.63) is 101 Å². The summed E-state index contributed by atoms with van der Waals surface area (Å²) < 4.78 is 8.73. The van der Waals surface area contributed by atoms with Gasteiger partial charge in [0.1, 0.15) is 22.8 Å². The number of carbonyl (C=O) groups is 1. The third-order valence-electron chi connectivity index (χ3n) is 7.87. The van der Waals surface area contributed by atoms with Crippen molar-refractivity contribution in [2.75, 3.05) is 12.3 Å². The lowest BCUT2D eigenvalue weighted by Crippen LogP contribution is -2.48. The number of ether oxygens (including phenoxy) is 1. The van der Waals surface area contributed by atoms with Crippen LogP contribution in [0.2, 0.25) is 0 Å².